The van der Waals surface area contributed by atoms with Crippen LogP contribution in [-0.2, 0) is 6.54 Å². The van der Waals surface area contributed by atoms with Gasteiger partial charge in [0.05, 0.1) is 12.7 Å². The zero-order valence-electron chi connectivity index (χ0n) is 10.3. The molecule has 0 atom stereocenters. The van der Waals surface area contributed by atoms with Crippen LogP contribution in [0.15, 0.2) is 40.8 Å². The van der Waals surface area contributed by atoms with Crippen LogP contribution in [-0.4, -0.2) is 17.6 Å². The van der Waals surface area contributed by atoms with E-state index in [0.717, 1.165) is 6.54 Å². The number of nitrogens with zero attached hydrogens (tertiary/aromatic N) is 2. The van der Waals surface area contributed by atoms with Crippen molar-refractivity contribution in [3.63, 3.8) is 0 Å². The summed E-state index contributed by atoms with van der Waals surface area (Å²) in [5, 5.41) is 1.91. The summed E-state index contributed by atoms with van der Waals surface area (Å²) in [6.07, 6.45) is 1.92. The topological polar surface area (TPSA) is 43.6 Å². The van der Waals surface area contributed by atoms with Gasteiger partial charge in [-0.25, -0.2) is 0 Å². The number of rotatable bonds is 3. The molecule has 5 heteroatoms. The van der Waals surface area contributed by atoms with E-state index in [2.05, 4.69) is 4.99 Å². The molecular weight excluding hydrogens is 248 g/mol. The summed E-state index contributed by atoms with van der Waals surface area (Å²) >= 11 is 1.45. The molecule has 1 heterocycles. The minimum atomic E-state index is -0.280. The number of thiazole rings is 1. The van der Waals surface area contributed by atoms with E-state index in [1.807, 2.05) is 29.1 Å². The van der Waals surface area contributed by atoms with Gasteiger partial charge in [-0.05, 0) is 19.1 Å². The third-order valence-corrected chi connectivity index (χ3v) is 3.33. The van der Waals surface area contributed by atoms with Crippen LogP contribution < -0.4 is 9.54 Å². The van der Waals surface area contributed by atoms with Gasteiger partial charge in [0.1, 0.15) is 5.75 Å². The molecule has 1 amide bonds. The Morgan fingerprint density at radius 2 is 2.22 bits per heavy atom. The summed E-state index contributed by atoms with van der Waals surface area (Å²) < 4.78 is 7.09. The Balaban J connectivity index is 2.41. The maximum absolute atomic E-state index is 12.1. The molecule has 2 aromatic rings. The predicted molar refractivity (Wildman–Crippen MR) is 70.9 cm³/mol. The zero-order chi connectivity index (χ0) is 13.0. The van der Waals surface area contributed by atoms with E-state index in [1.165, 1.54) is 11.3 Å². The van der Waals surface area contributed by atoms with Gasteiger partial charge >= 0.3 is 0 Å². The number of amides is 1. The summed E-state index contributed by atoms with van der Waals surface area (Å²) in [5.41, 5.74) is 0.482. The van der Waals surface area contributed by atoms with Crippen molar-refractivity contribution in [1.29, 1.82) is 0 Å². The standard InChI is InChI=1S/C13H14N2O2S/c1-3-15-8-9-18-13(15)14-12(16)10-6-4-5-7-11(10)17-2/h4-9H,3H2,1-2H3. The van der Waals surface area contributed by atoms with Crippen LogP contribution in [0.25, 0.3) is 0 Å². The van der Waals surface area contributed by atoms with Crippen molar-refractivity contribution < 1.29 is 9.53 Å². The van der Waals surface area contributed by atoms with Gasteiger partial charge in [0, 0.05) is 18.1 Å². The fourth-order valence-electron chi connectivity index (χ4n) is 1.60. The third-order valence-electron chi connectivity index (χ3n) is 2.54. The van der Waals surface area contributed by atoms with Crippen molar-refractivity contribution in [3.8, 4) is 5.75 Å². The lowest BCUT2D eigenvalue weighted by Crippen LogP contribution is -2.15. The van der Waals surface area contributed by atoms with Crippen molar-refractivity contribution in [2.45, 2.75) is 13.5 Å². The van der Waals surface area contributed by atoms with E-state index in [9.17, 15) is 4.79 Å². The normalized spacial score (nSPS) is 11.6. The summed E-state index contributed by atoms with van der Waals surface area (Å²) in [6.45, 7) is 2.81. The monoisotopic (exact) mass is 262 g/mol. The van der Waals surface area contributed by atoms with Crippen molar-refractivity contribution in [2.75, 3.05) is 7.11 Å². The maximum Gasteiger partial charge on any atom is 0.283 e. The Morgan fingerprint density at radius 3 is 2.94 bits per heavy atom. The predicted octanol–water partition coefficient (Wildman–Crippen LogP) is 2.32. The number of aryl methyl sites for hydroxylation is 1. The number of para-hydroxylation sites is 1. The second kappa shape index (κ2) is 5.64. The average molecular weight is 262 g/mol. The van der Waals surface area contributed by atoms with Crippen LogP contribution in [0.5, 0.6) is 5.75 Å². The Bertz CT molecular complexity index is 613. The third kappa shape index (κ3) is 2.51. The van der Waals surface area contributed by atoms with Crippen molar-refractivity contribution in [3.05, 3.63) is 46.2 Å². The second-order valence-electron chi connectivity index (χ2n) is 3.59. The van der Waals surface area contributed by atoms with Gasteiger partial charge in [-0.2, -0.15) is 4.99 Å². The van der Waals surface area contributed by atoms with Gasteiger partial charge in [0.2, 0.25) is 0 Å². The molecular formula is C13H14N2O2S. The highest BCUT2D eigenvalue weighted by molar-refractivity contribution is 7.07. The minimum absolute atomic E-state index is 0.280. The first-order valence-corrected chi connectivity index (χ1v) is 6.50. The number of ether oxygens (including phenoxy) is 1. The molecule has 94 valence electrons. The molecule has 4 nitrogen and oxygen atoms in total. The van der Waals surface area contributed by atoms with Crippen LogP contribution >= 0.6 is 11.3 Å². The van der Waals surface area contributed by atoms with Gasteiger partial charge in [-0.1, -0.05) is 12.1 Å². The first kappa shape index (κ1) is 12.6. The molecule has 0 aliphatic carbocycles. The van der Waals surface area contributed by atoms with Gasteiger partial charge in [0.15, 0.2) is 4.80 Å². The average Bonchev–Trinajstić information content (AvgIpc) is 2.85. The first-order chi connectivity index (χ1) is 8.76. The van der Waals surface area contributed by atoms with E-state index >= 15 is 0 Å². The Hall–Kier alpha value is -1.88. The lowest BCUT2D eigenvalue weighted by Gasteiger charge is -2.03. The van der Waals surface area contributed by atoms with Crippen LogP contribution in [0.2, 0.25) is 0 Å². The van der Waals surface area contributed by atoms with Gasteiger partial charge in [-0.3, -0.25) is 4.79 Å². The molecule has 0 aliphatic rings. The van der Waals surface area contributed by atoms with E-state index < -0.39 is 0 Å². The molecule has 18 heavy (non-hydrogen) atoms. The fourth-order valence-corrected chi connectivity index (χ4v) is 2.39. The minimum Gasteiger partial charge on any atom is -0.496 e. The highest BCUT2D eigenvalue weighted by Crippen LogP contribution is 2.17. The molecule has 0 bridgehead atoms. The van der Waals surface area contributed by atoms with Crippen molar-refractivity contribution >= 4 is 17.2 Å². The van der Waals surface area contributed by atoms with E-state index in [0.29, 0.717) is 16.1 Å². The van der Waals surface area contributed by atoms with Gasteiger partial charge in [0.25, 0.3) is 5.91 Å². The summed E-state index contributed by atoms with van der Waals surface area (Å²) in [6, 6.07) is 7.10. The fraction of sp³-hybridized carbons (Fsp3) is 0.231. The zero-order valence-corrected chi connectivity index (χ0v) is 11.1. The van der Waals surface area contributed by atoms with Crippen molar-refractivity contribution in [1.82, 2.24) is 4.57 Å². The summed E-state index contributed by atoms with van der Waals surface area (Å²) in [4.78, 5) is 16.9. The Labute approximate surface area is 109 Å². The quantitative estimate of drug-likeness (QED) is 0.852. The van der Waals surface area contributed by atoms with E-state index in [1.54, 1.807) is 25.3 Å². The highest BCUT2D eigenvalue weighted by atomic mass is 32.1. The van der Waals surface area contributed by atoms with Crippen molar-refractivity contribution in [2.24, 2.45) is 4.99 Å². The number of aromatic nitrogens is 1. The number of hydrogen-bond acceptors (Lipinski definition) is 3. The molecule has 2 rings (SSSR count). The molecule has 0 unspecified atom stereocenters. The largest absolute Gasteiger partial charge is 0.496 e. The molecule has 0 saturated carbocycles. The van der Waals surface area contributed by atoms with Crippen LogP contribution in [0, 0.1) is 0 Å². The number of benzene rings is 1. The summed E-state index contributed by atoms with van der Waals surface area (Å²) in [7, 11) is 1.55. The second-order valence-corrected chi connectivity index (χ2v) is 4.46. The molecule has 0 fully saturated rings. The number of methoxy groups -OCH3 is 1. The van der Waals surface area contributed by atoms with Crippen LogP contribution in [0.4, 0.5) is 0 Å². The number of hydrogen-bond donors (Lipinski definition) is 0. The van der Waals surface area contributed by atoms with Crippen LogP contribution in [0.1, 0.15) is 17.3 Å². The molecule has 0 aliphatic heterocycles. The smallest absolute Gasteiger partial charge is 0.283 e. The molecule has 0 spiro atoms. The Kier molecular flexibility index (Phi) is 3.94. The number of carbonyl (C=O) groups excluding carboxylic acids is 1. The number of carbonyl (C=O) groups is 1. The molecule has 1 aromatic carbocycles. The molecule has 0 radical (unpaired) electrons. The van der Waals surface area contributed by atoms with Gasteiger partial charge < -0.3 is 9.30 Å². The lowest BCUT2D eigenvalue weighted by molar-refractivity contribution is 0.0995. The first-order valence-electron chi connectivity index (χ1n) is 5.62. The molecule has 0 saturated heterocycles. The van der Waals surface area contributed by atoms with Crippen LogP contribution in [0.3, 0.4) is 0 Å². The van der Waals surface area contributed by atoms with E-state index in [4.69, 9.17) is 4.74 Å². The Morgan fingerprint density at radius 1 is 1.44 bits per heavy atom. The molecule has 0 N–H and O–H groups in total. The highest BCUT2D eigenvalue weighted by Gasteiger charge is 2.10. The molecule has 1 aromatic heterocycles. The summed E-state index contributed by atoms with van der Waals surface area (Å²) in [5.74, 6) is 0.267. The SMILES string of the molecule is CCn1ccsc1=NC(=O)c1ccccc1OC. The maximum atomic E-state index is 12.1. The van der Waals surface area contributed by atoms with Gasteiger partial charge in [-0.15, -0.1) is 11.3 Å². The lowest BCUT2D eigenvalue weighted by atomic mass is 10.2. The van der Waals surface area contributed by atoms with E-state index in [-0.39, 0.29) is 5.91 Å².